The second kappa shape index (κ2) is 3.91. The van der Waals surface area contributed by atoms with Crippen LogP contribution in [-0.4, -0.2) is 11.8 Å². The molecule has 1 aliphatic heterocycles. The van der Waals surface area contributed by atoms with E-state index in [0.29, 0.717) is 5.92 Å². The summed E-state index contributed by atoms with van der Waals surface area (Å²) in [4.78, 5) is 4.42. The Morgan fingerprint density at radius 3 is 2.69 bits per heavy atom. The summed E-state index contributed by atoms with van der Waals surface area (Å²) >= 11 is 0. The average molecular weight is 177 g/mol. The summed E-state index contributed by atoms with van der Waals surface area (Å²) in [6.07, 6.45) is 9.55. The molecular formula is C12H19N. The van der Waals surface area contributed by atoms with Gasteiger partial charge in [0.15, 0.2) is 0 Å². The van der Waals surface area contributed by atoms with Crippen LogP contribution in [0.5, 0.6) is 0 Å². The van der Waals surface area contributed by atoms with Gasteiger partial charge in [0.1, 0.15) is 0 Å². The van der Waals surface area contributed by atoms with Crippen molar-refractivity contribution in [3.8, 4) is 0 Å². The fraction of sp³-hybridized carbons (Fsp3) is 0.583. The molecule has 0 aliphatic carbocycles. The van der Waals surface area contributed by atoms with Crippen molar-refractivity contribution in [1.29, 1.82) is 0 Å². The second-order valence-corrected chi connectivity index (χ2v) is 4.60. The minimum Gasteiger partial charge on any atom is -0.283 e. The van der Waals surface area contributed by atoms with Crippen LogP contribution in [0.4, 0.5) is 0 Å². The van der Waals surface area contributed by atoms with E-state index in [4.69, 9.17) is 0 Å². The monoisotopic (exact) mass is 177 g/mol. The predicted molar refractivity (Wildman–Crippen MR) is 59.2 cm³/mol. The molecule has 0 aromatic carbocycles. The molecule has 1 heteroatoms. The van der Waals surface area contributed by atoms with Crippen LogP contribution in [0, 0.1) is 5.92 Å². The van der Waals surface area contributed by atoms with Gasteiger partial charge in [-0.3, -0.25) is 4.99 Å². The lowest BCUT2D eigenvalue weighted by molar-refractivity contribution is 0.645. The Morgan fingerprint density at radius 2 is 2.08 bits per heavy atom. The number of rotatable bonds is 2. The van der Waals surface area contributed by atoms with Crippen LogP contribution in [0.1, 0.15) is 34.1 Å². The molecule has 1 aliphatic rings. The third-order valence-corrected chi connectivity index (χ3v) is 2.05. The quantitative estimate of drug-likeness (QED) is 0.613. The second-order valence-electron chi connectivity index (χ2n) is 4.60. The largest absolute Gasteiger partial charge is 0.283 e. The van der Waals surface area contributed by atoms with Crippen LogP contribution in [0.3, 0.4) is 0 Å². The number of hydrogen-bond acceptors (Lipinski definition) is 1. The maximum Gasteiger partial charge on any atom is 0.0734 e. The molecule has 0 N–H and O–H groups in total. The Morgan fingerprint density at radius 1 is 1.38 bits per heavy atom. The molecule has 0 amide bonds. The minimum atomic E-state index is -0.0325. The first-order valence-corrected chi connectivity index (χ1v) is 4.93. The number of aliphatic imine (C=N–C) groups is 1. The van der Waals surface area contributed by atoms with E-state index < -0.39 is 0 Å². The fourth-order valence-corrected chi connectivity index (χ4v) is 1.34. The first-order valence-electron chi connectivity index (χ1n) is 4.93. The summed E-state index contributed by atoms with van der Waals surface area (Å²) in [5.41, 5.74) is 1.35. The molecule has 1 rings (SSSR count). The van der Waals surface area contributed by atoms with Crippen LogP contribution < -0.4 is 0 Å². The van der Waals surface area contributed by atoms with Gasteiger partial charge in [0.2, 0.25) is 0 Å². The molecule has 0 unspecified atom stereocenters. The number of hydrogen-bond donors (Lipinski definition) is 0. The molecule has 1 heterocycles. The topological polar surface area (TPSA) is 12.4 Å². The van der Waals surface area contributed by atoms with Crippen LogP contribution >= 0.6 is 0 Å². The van der Waals surface area contributed by atoms with E-state index in [1.54, 1.807) is 0 Å². The molecule has 0 fully saturated rings. The van der Waals surface area contributed by atoms with Crippen molar-refractivity contribution in [2.45, 2.75) is 39.7 Å². The van der Waals surface area contributed by atoms with E-state index in [0.717, 1.165) is 6.42 Å². The Balaban J connectivity index is 2.71. The Hall–Kier alpha value is -0.850. The minimum absolute atomic E-state index is 0.0325. The molecule has 0 saturated carbocycles. The van der Waals surface area contributed by atoms with Crippen molar-refractivity contribution in [1.82, 2.24) is 0 Å². The molecule has 0 radical (unpaired) electrons. The van der Waals surface area contributed by atoms with Crippen molar-refractivity contribution in [3.63, 3.8) is 0 Å². The van der Waals surface area contributed by atoms with Gasteiger partial charge in [-0.25, -0.2) is 0 Å². The highest BCUT2D eigenvalue weighted by Gasteiger charge is 2.11. The highest BCUT2D eigenvalue weighted by atomic mass is 14.8. The Kier molecular flexibility index (Phi) is 3.07. The fourth-order valence-electron chi connectivity index (χ4n) is 1.34. The normalized spacial score (nSPS) is 20.2. The average Bonchev–Trinajstić information content (AvgIpc) is 2.12. The van der Waals surface area contributed by atoms with Gasteiger partial charge in [-0.2, -0.15) is 0 Å². The molecule has 0 aromatic rings. The molecular weight excluding hydrogens is 158 g/mol. The third-order valence-electron chi connectivity index (χ3n) is 2.05. The maximum absolute atomic E-state index is 4.42. The lowest BCUT2D eigenvalue weighted by Gasteiger charge is -2.12. The lowest BCUT2D eigenvalue weighted by atomic mass is 10.0. The zero-order valence-electron chi connectivity index (χ0n) is 9.04. The lowest BCUT2D eigenvalue weighted by Crippen LogP contribution is -2.11. The van der Waals surface area contributed by atoms with Crippen LogP contribution in [0.25, 0.3) is 0 Å². The summed E-state index contributed by atoms with van der Waals surface area (Å²) in [6.45, 7) is 8.71. The zero-order chi connectivity index (χ0) is 9.90. The first-order chi connectivity index (χ1) is 5.99. The summed E-state index contributed by atoms with van der Waals surface area (Å²) in [5.74, 6) is 0.713. The van der Waals surface area contributed by atoms with Crippen LogP contribution in [0.15, 0.2) is 28.8 Å². The molecule has 0 bridgehead atoms. The highest BCUT2D eigenvalue weighted by molar-refractivity contribution is 5.74. The highest BCUT2D eigenvalue weighted by Crippen LogP contribution is 2.18. The van der Waals surface area contributed by atoms with Crippen LogP contribution in [-0.2, 0) is 0 Å². The number of nitrogens with zero attached hydrogens (tertiary/aromatic N) is 1. The summed E-state index contributed by atoms with van der Waals surface area (Å²) < 4.78 is 0. The van der Waals surface area contributed by atoms with Gasteiger partial charge in [0.05, 0.1) is 5.54 Å². The van der Waals surface area contributed by atoms with Gasteiger partial charge in [0, 0.05) is 6.21 Å². The first kappa shape index (κ1) is 10.2. The number of allylic oxidation sites excluding steroid dienone is 3. The smallest absolute Gasteiger partial charge is 0.0734 e. The van der Waals surface area contributed by atoms with Gasteiger partial charge in [-0.05, 0) is 37.8 Å². The summed E-state index contributed by atoms with van der Waals surface area (Å²) in [6, 6.07) is 0. The van der Waals surface area contributed by atoms with Gasteiger partial charge < -0.3 is 0 Å². The molecule has 13 heavy (non-hydrogen) atoms. The third kappa shape index (κ3) is 3.58. The predicted octanol–water partition coefficient (Wildman–Crippen LogP) is 3.38. The molecule has 0 aromatic heterocycles. The summed E-state index contributed by atoms with van der Waals surface area (Å²) in [5, 5.41) is 0. The van der Waals surface area contributed by atoms with Crippen LogP contribution in [0.2, 0.25) is 0 Å². The van der Waals surface area contributed by atoms with Crippen molar-refractivity contribution >= 4 is 6.21 Å². The van der Waals surface area contributed by atoms with E-state index in [1.807, 2.05) is 6.21 Å². The zero-order valence-corrected chi connectivity index (χ0v) is 9.04. The molecule has 0 atom stereocenters. The summed E-state index contributed by atoms with van der Waals surface area (Å²) in [7, 11) is 0. The van der Waals surface area contributed by atoms with Crippen molar-refractivity contribution < 1.29 is 0 Å². The van der Waals surface area contributed by atoms with Crippen molar-refractivity contribution in [2.24, 2.45) is 10.9 Å². The molecule has 0 saturated heterocycles. The standard InChI is InChI=1S/C12H19N/c1-10(2)9-11-5-7-12(3,4)13-8-6-11/h5-8,10H,9H2,1-4H3. The maximum atomic E-state index is 4.42. The van der Waals surface area contributed by atoms with Crippen molar-refractivity contribution in [2.75, 3.05) is 0 Å². The van der Waals surface area contributed by atoms with Gasteiger partial charge in [0.25, 0.3) is 0 Å². The SMILES string of the molecule is CC(C)CC1=CC=NC(C)(C)C=C1. The van der Waals surface area contributed by atoms with E-state index >= 15 is 0 Å². The Bertz CT molecular complexity index is 254. The van der Waals surface area contributed by atoms with Crippen molar-refractivity contribution in [3.05, 3.63) is 23.8 Å². The molecule has 1 nitrogen and oxygen atoms in total. The molecule has 72 valence electrons. The van der Waals surface area contributed by atoms with Gasteiger partial charge >= 0.3 is 0 Å². The van der Waals surface area contributed by atoms with E-state index in [-0.39, 0.29) is 5.54 Å². The van der Waals surface area contributed by atoms with E-state index in [1.165, 1.54) is 5.57 Å². The Labute approximate surface area is 81.3 Å². The van der Waals surface area contributed by atoms with Gasteiger partial charge in [-0.1, -0.05) is 26.0 Å². The van der Waals surface area contributed by atoms with Gasteiger partial charge in [-0.15, -0.1) is 0 Å². The van der Waals surface area contributed by atoms with E-state index in [9.17, 15) is 0 Å². The molecule has 0 spiro atoms. The van der Waals surface area contributed by atoms with E-state index in [2.05, 4.69) is 50.9 Å².